The van der Waals surface area contributed by atoms with Crippen LogP contribution in [0.2, 0.25) is 0 Å². The van der Waals surface area contributed by atoms with Gasteiger partial charge in [0.05, 0.1) is 27.3 Å². The minimum absolute atomic E-state index is 0.271. The Morgan fingerprint density at radius 1 is 1.13 bits per heavy atom. The molecule has 0 spiro atoms. The molecule has 0 bridgehead atoms. The minimum Gasteiger partial charge on any atom is -0.304 e. The molecule has 5 nitrogen and oxygen atoms in total. The number of nitrogens with zero attached hydrogens (tertiary/aromatic N) is 5. The van der Waals surface area contributed by atoms with Crippen LogP contribution in [0.15, 0.2) is 24.4 Å². The molecule has 1 aliphatic heterocycles. The smallest absolute Gasteiger partial charge is 0.156 e. The van der Waals surface area contributed by atoms with Gasteiger partial charge in [-0.3, -0.25) is 0 Å². The number of rotatable bonds is 4. The van der Waals surface area contributed by atoms with Gasteiger partial charge in [-0.2, -0.15) is 5.10 Å². The van der Waals surface area contributed by atoms with Crippen LogP contribution in [0.1, 0.15) is 36.0 Å². The van der Waals surface area contributed by atoms with Gasteiger partial charge in [-0.15, -0.1) is 11.3 Å². The zero-order valence-electron chi connectivity index (χ0n) is 17.7. The largest absolute Gasteiger partial charge is 0.304 e. The molecular formula is C23H26FN5S. The van der Waals surface area contributed by atoms with Crippen molar-refractivity contribution in [1.82, 2.24) is 24.5 Å². The lowest BCUT2D eigenvalue weighted by molar-refractivity contribution is 0.192. The highest BCUT2D eigenvalue weighted by Gasteiger charge is 2.21. The molecule has 0 amide bonds. The molecule has 30 heavy (non-hydrogen) atoms. The van der Waals surface area contributed by atoms with Crippen LogP contribution >= 0.6 is 11.3 Å². The molecule has 0 radical (unpaired) electrons. The van der Waals surface area contributed by atoms with Gasteiger partial charge in [-0.1, -0.05) is 6.92 Å². The molecule has 0 atom stereocenters. The normalized spacial score (nSPS) is 16.1. The van der Waals surface area contributed by atoms with E-state index in [-0.39, 0.29) is 5.82 Å². The van der Waals surface area contributed by atoms with Gasteiger partial charge >= 0.3 is 0 Å². The van der Waals surface area contributed by atoms with Gasteiger partial charge in [-0.25, -0.2) is 18.9 Å². The first-order valence-corrected chi connectivity index (χ1v) is 11.5. The van der Waals surface area contributed by atoms with Gasteiger partial charge in [0.1, 0.15) is 5.52 Å². The second-order valence-electron chi connectivity index (χ2n) is 8.36. The first-order valence-electron chi connectivity index (χ1n) is 10.7. The summed E-state index contributed by atoms with van der Waals surface area (Å²) >= 11 is 1.62. The van der Waals surface area contributed by atoms with E-state index in [0.29, 0.717) is 11.4 Å². The number of hydrogen-bond acceptors (Lipinski definition) is 5. The zero-order valence-corrected chi connectivity index (χ0v) is 18.5. The van der Waals surface area contributed by atoms with Gasteiger partial charge in [0, 0.05) is 12.0 Å². The van der Waals surface area contributed by atoms with Gasteiger partial charge in [-0.05, 0) is 76.0 Å². The summed E-state index contributed by atoms with van der Waals surface area (Å²) < 4.78 is 17.6. The number of hydrogen-bond donors (Lipinski definition) is 0. The third-order valence-electron chi connectivity index (χ3n) is 6.14. The highest BCUT2D eigenvalue weighted by molar-refractivity contribution is 7.18. The Hall–Kier alpha value is -2.38. The van der Waals surface area contributed by atoms with Crippen molar-refractivity contribution in [3.8, 4) is 11.3 Å². The van der Waals surface area contributed by atoms with E-state index in [1.165, 1.54) is 12.8 Å². The van der Waals surface area contributed by atoms with Crippen LogP contribution in [0.4, 0.5) is 4.39 Å². The lowest BCUT2D eigenvalue weighted by Crippen LogP contribution is -2.33. The number of thiazole rings is 1. The summed E-state index contributed by atoms with van der Waals surface area (Å²) in [5.74, 6) is 0.374. The predicted octanol–water partition coefficient (Wildman–Crippen LogP) is 5.04. The van der Waals surface area contributed by atoms with Crippen LogP contribution in [-0.2, 0) is 6.42 Å². The monoisotopic (exact) mass is 423 g/mol. The molecule has 0 N–H and O–H groups in total. The Kier molecular flexibility index (Phi) is 5.03. The van der Waals surface area contributed by atoms with Crippen molar-refractivity contribution in [3.63, 3.8) is 0 Å². The predicted molar refractivity (Wildman–Crippen MR) is 120 cm³/mol. The summed E-state index contributed by atoms with van der Waals surface area (Å²) in [7, 11) is 0. The fourth-order valence-electron chi connectivity index (χ4n) is 4.41. The van der Waals surface area contributed by atoms with Crippen molar-refractivity contribution in [2.24, 2.45) is 5.92 Å². The van der Waals surface area contributed by atoms with Crippen LogP contribution in [0, 0.1) is 25.6 Å². The van der Waals surface area contributed by atoms with Gasteiger partial charge in [0.25, 0.3) is 0 Å². The van der Waals surface area contributed by atoms with Crippen molar-refractivity contribution in [3.05, 3.63) is 46.5 Å². The molecule has 7 heteroatoms. The molecule has 4 aromatic rings. The summed E-state index contributed by atoms with van der Waals surface area (Å²) in [6, 6.07) is 5.56. The van der Waals surface area contributed by atoms with Crippen LogP contribution in [0.3, 0.4) is 0 Å². The number of fused-ring (bicyclic) bond motifs is 2. The van der Waals surface area contributed by atoms with E-state index >= 15 is 0 Å². The quantitative estimate of drug-likeness (QED) is 0.462. The first-order chi connectivity index (χ1) is 14.5. The van der Waals surface area contributed by atoms with Crippen molar-refractivity contribution >= 4 is 27.2 Å². The van der Waals surface area contributed by atoms with Gasteiger partial charge in [0.2, 0.25) is 0 Å². The van der Waals surface area contributed by atoms with E-state index in [4.69, 9.17) is 0 Å². The Bertz CT molecular complexity index is 1220. The Balaban J connectivity index is 1.45. The third-order valence-corrected chi connectivity index (χ3v) is 7.16. The molecule has 0 aliphatic carbocycles. The standard InChI is InChI=1S/C23H26FN5S/c1-4-28-7-5-16(6-8-28)10-21-26-22-18(24)11-17(12-20(22)30-21)19-9-14(2)23-25-15(3)13-29(23)27-19/h9,11-13,16H,4-8,10H2,1-3H3. The highest BCUT2D eigenvalue weighted by atomic mass is 32.1. The summed E-state index contributed by atoms with van der Waals surface area (Å²) in [4.78, 5) is 11.6. The summed E-state index contributed by atoms with van der Waals surface area (Å²) in [5.41, 5.74) is 4.80. The number of halogens is 1. The van der Waals surface area contributed by atoms with E-state index in [1.807, 2.05) is 32.2 Å². The van der Waals surface area contributed by atoms with Crippen LogP contribution in [0.25, 0.3) is 27.1 Å². The van der Waals surface area contributed by atoms with E-state index in [1.54, 1.807) is 21.9 Å². The maximum Gasteiger partial charge on any atom is 0.156 e. The van der Waals surface area contributed by atoms with Crippen molar-refractivity contribution in [2.45, 2.75) is 40.0 Å². The molecule has 3 aromatic heterocycles. The molecule has 0 saturated carbocycles. The molecule has 1 saturated heterocycles. The van der Waals surface area contributed by atoms with E-state index in [2.05, 4.69) is 26.9 Å². The fraction of sp³-hybridized carbons (Fsp3) is 0.435. The van der Waals surface area contributed by atoms with Gasteiger partial charge in [0.15, 0.2) is 11.5 Å². The Labute approximate surface area is 179 Å². The number of benzene rings is 1. The molecule has 1 fully saturated rings. The minimum atomic E-state index is -0.271. The average Bonchev–Trinajstić information content (AvgIpc) is 3.31. The van der Waals surface area contributed by atoms with Crippen LogP contribution in [-0.4, -0.2) is 44.1 Å². The SMILES string of the molecule is CCN1CCC(Cc2nc3c(F)cc(-c4cc(C)c5nc(C)cn5n4)cc3s2)CC1. The highest BCUT2D eigenvalue weighted by Crippen LogP contribution is 2.32. The zero-order chi connectivity index (χ0) is 20.8. The lowest BCUT2D eigenvalue weighted by atomic mass is 9.94. The summed E-state index contributed by atoms with van der Waals surface area (Å²) in [5, 5.41) is 5.70. The maximum atomic E-state index is 14.9. The second kappa shape index (κ2) is 7.71. The topological polar surface area (TPSA) is 46.3 Å². The molecule has 0 unspecified atom stereocenters. The number of aromatic nitrogens is 4. The van der Waals surface area contributed by atoms with E-state index in [0.717, 1.165) is 63.9 Å². The van der Waals surface area contributed by atoms with Crippen LogP contribution in [0.5, 0.6) is 0 Å². The van der Waals surface area contributed by atoms with Crippen molar-refractivity contribution in [2.75, 3.05) is 19.6 Å². The maximum absolute atomic E-state index is 14.9. The number of piperidine rings is 1. The van der Waals surface area contributed by atoms with Crippen molar-refractivity contribution < 1.29 is 4.39 Å². The third kappa shape index (κ3) is 3.61. The van der Waals surface area contributed by atoms with E-state index < -0.39 is 0 Å². The fourth-order valence-corrected chi connectivity index (χ4v) is 5.55. The number of aryl methyl sites for hydroxylation is 2. The Morgan fingerprint density at radius 3 is 2.70 bits per heavy atom. The molecule has 1 aromatic carbocycles. The van der Waals surface area contributed by atoms with Crippen molar-refractivity contribution in [1.29, 1.82) is 0 Å². The van der Waals surface area contributed by atoms with Gasteiger partial charge < -0.3 is 4.90 Å². The molecule has 5 rings (SSSR count). The van der Waals surface area contributed by atoms with Crippen LogP contribution < -0.4 is 0 Å². The summed E-state index contributed by atoms with van der Waals surface area (Å²) in [6.07, 6.45) is 5.24. The average molecular weight is 424 g/mol. The Morgan fingerprint density at radius 2 is 1.93 bits per heavy atom. The molecule has 156 valence electrons. The van der Waals surface area contributed by atoms with E-state index in [9.17, 15) is 4.39 Å². The number of imidazole rings is 1. The molecule has 4 heterocycles. The second-order valence-corrected chi connectivity index (χ2v) is 9.47. The number of likely N-dealkylation sites (tertiary alicyclic amines) is 1. The lowest BCUT2D eigenvalue weighted by Gasteiger charge is -2.30. The summed E-state index contributed by atoms with van der Waals surface area (Å²) in [6.45, 7) is 9.62. The first kappa shape index (κ1) is 19.6. The molecule has 1 aliphatic rings. The molecular weight excluding hydrogens is 397 g/mol.